The van der Waals surface area contributed by atoms with Crippen LogP contribution in [0.25, 0.3) is 10.9 Å². The number of nitrogens with zero attached hydrogens (tertiary/aromatic N) is 2. The molecule has 0 atom stereocenters. The van der Waals surface area contributed by atoms with Crippen LogP contribution in [-0.2, 0) is 12.8 Å². The van der Waals surface area contributed by atoms with Crippen LogP contribution in [0.15, 0.2) is 84.0 Å². The molecule has 6 nitrogen and oxygen atoms in total. The van der Waals surface area contributed by atoms with Gasteiger partial charge < -0.3 is 15.2 Å². The first-order chi connectivity index (χ1) is 16.5. The number of carbonyl (C=O) groups is 1. The van der Waals surface area contributed by atoms with Gasteiger partial charge in [-0.25, -0.2) is 0 Å². The summed E-state index contributed by atoms with van der Waals surface area (Å²) < 4.78 is 0. The van der Waals surface area contributed by atoms with E-state index in [1.165, 1.54) is 10.9 Å². The lowest BCUT2D eigenvalue weighted by Gasteiger charge is -2.16. The van der Waals surface area contributed by atoms with Crippen molar-refractivity contribution in [2.75, 3.05) is 30.9 Å². The van der Waals surface area contributed by atoms with Crippen molar-refractivity contribution in [1.29, 1.82) is 0 Å². The molecule has 4 aromatic rings. The van der Waals surface area contributed by atoms with E-state index in [2.05, 4.69) is 40.7 Å². The molecule has 0 saturated heterocycles. The fourth-order valence-corrected chi connectivity index (χ4v) is 3.92. The molecule has 3 N–H and O–H groups in total. The standard InChI is InChI=1S/C28H31N5O/c1-4-20-10-5-7-14-25(20)31-28(32-27(34)21-11-9-12-23(18-21)33(2)3)29-17-16-22-19-30-26-15-8-6-13-24(22)26/h5-15,18-19,30H,4,16-17H2,1-3H3,(H2,29,31,32,34). The first kappa shape index (κ1) is 23.1. The number of aliphatic imine (C=N–C) groups is 1. The van der Waals surface area contributed by atoms with Crippen molar-refractivity contribution in [1.82, 2.24) is 10.3 Å². The number of fused-ring (bicyclic) bond motifs is 1. The summed E-state index contributed by atoms with van der Waals surface area (Å²) in [6.45, 7) is 2.65. The third-order valence-corrected chi connectivity index (χ3v) is 5.83. The average Bonchev–Trinajstić information content (AvgIpc) is 3.27. The monoisotopic (exact) mass is 453 g/mol. The van der Waals surface area contributed by atoms with Gasteiger partial charge in [-0.3, -0.25) is 15.1 Å². The van der Waals surface area contributed by atoms with Crippen LogP contribution in [-0.4, -0.2) is 37.5 Å². The van der Waals surface area contributed by atoms with Gasteiger partial charge in [-0.2, -0.15) is 0 Å². The zero-order chi connectivity index (χ0) is 23.9. The predicted molar refractivity (Wildman–Crippen MR) is 142 cm³/mol. The van der Waals surface area contributed by atoms with E-state index in [1.807, 2.05) is 79.8 Å². The Labute approximate surface area is 200 Å². The smallest absolute Gasteiger partial charge is 0.258 e. The number of rotatable bonds is 7. The van der Waals surface area contributed by atoms with Crippen LogP contribution < -0.4 is 15.5 Å². The van der Waals surface area contributed by atoms with Crippen molar-refractivity contribution < 1.29 is 4.79 Å². The van der Waals surface area contributed by atoms with Gasteiger partial charge in [0.05, 0.1) is 0 Å². The number of aromatic amines is 1. The van der Waals surface area contributed by atoms with Gasteiger partial charge in [-0.05, 0) is 54.3 Å². The predicted octanol–water partition coefficient (Wildman–Crippen LogP) is 5.24. The second-order valence-corrected chi connectivity index (χ2v) is 8.37. The van der Waals surface area contributed by atoms with Gasteiger partial charge in [0.15, 0.2) is 0 Å². The van der Waals surface area contributed by atoms with Crippen molar-refractivity contribution in [3.8, 4) is 0 Å². The van der Waals surface area contributed by atoms with Gasteiger partial charge in [0, 0.05) is 54.7 Å². The van der Waals surface area contributed by atoms with Crippen LogP contribution in [0.4, 0.5) is 11.4 Å². The highest BCUT2D eigenvalue weighted by molar-refractivity contribution is 6.10. The zero-order valence-corrected chi connectivity index (χ0v) is 19.9. The Morgan fingerprint density at radius 3 is 2.59 bits per heavy atom. The van der Waals surface area contributed by atoms with Crippen LogP contribution in [0.1, 0.15) is 28.4 Å². The number of carbonyl (C=O) groups excluding carboxylic acids is 1. The van der Waals surface area contributed by atoms with Crippen LogP contribution >= 0.6 is 0 Å². The van der Waals surface area contributed by atoms with E-state index >= 15 is 0 Å². The Balaban J connectivity index is 1.55. The number of aromatic nitrogens is 1. The third-order valence-electron chi connectivity index (χ3n) is 5.83. The molecule has 0 saturated carbocycles. The largest absolute Gasteiger partial charge is 0.378 e. The molecule has 0 aliphatic heterocycles. The molecule has 3 aromatic carbocycles. The third kappa shape index (κ3) is 5.46. The topological polar surface area (TPSA) is 72.5 Å². The number of hydrogen-bond donors (Lipinski definition) is 3. The van der Waals surface area contributed by atoms with Gasteiger partial charge in [0.25, 0.3) is 5.91 Å². The summed E-state index contributed by atoms with van der Waals surface area (Å²) in [6, 6.07) is 23.9. The maximum absolute atomic E-state index is 13.1. The lowest BCUT2D eigenvalue weighted by molar-refractivity contribution is 0.0977. The van der Waals surface area contributed by atoms with E-state index in [4.69, 9.17) is 4.99 Å². The second-order valence-electron chi connectivity index (χ2n) is 8.37. The van der Waals surface area contributed by atoms with Gasteiger partial charge >= 0.3 is 0 Å². The number of H-pyrrole nitrogens is 1. The van der Waals surface area contributed by atoms with Crippen LogP contribution in [0.3, 0.4) is 0 Å². The van der Waals surface area contributed by atoms with Crippen LogP contribution in [0, 0.1) is 0 Å². The van der Waals surface area contributed by atoms with Crippen molar-refractivity contribution >= 4 is 34.1 Å². The Kier molecular flexibility index (Phi) is 7.28. The highest BCUT2D eigenvalue weighted by Gasteiger charge is 2.12. The van der Waals surface area contributed by atoms with Crippen molar-refractivity contribution in [3.63, 3.8) is 0 Å². The van der Waals surface area contributed by atoms with Gasteiger partial charge in [-0.15, -0.1) is 0 Å². The number of benzene rings is 3. The number of aryl methyl sites for hydroxylation is 1. The lowest BCUT2D eigenvalue weighted by atomic mass is 10.1. The van der Waals surface area contributed by atoms with E-state index in [-0.39, 0.29) is 5.91 Å². The summed E-state index contributed by atoms with van der Waals surface area (Å²) in [4.78, 5) is 23.1. The number of nitrogens with one attached hydrogen (secondary N) is 3. The quantitative estimate of drug-likeness (QED) is 0.265. The molecule has 34 heavy (non-hydrogen) atoms. The number of amides is 1. The minimum Gasteiger partial charge on any atom is -0.378 e. The van der Waals surface area contributed by atoms with Crippen LogP contribution in [0.5, 0.6) is 0 Å². The van der Waals surface area contributed by atoms with E-state index in [0.29, 0.717) is 18.1 Å². The molecule has 0 fully saturated rings. The van der Waals surface area contributed by atoms with Gasteiger partial charge in [0.1, 0.15) is 0 Å². The molecule has 1 heterocycles. The zero-order valence-electron chi connectivity index (χ0n) is 19.9. The summed E-state index contributed by atoms with van der Waals surface area (Å²) in [5.41, 5.74) is 5.98. The molecule has 0 bridgehead atoms. The minimum absolute atomic E-state index is 0.198. The normalized spacial score (nSPS) is 11.4. The summed E-state index contributed by atoms with van der Waals surface area (Å²) >= 11 is 0. The Morgan fingerprint density at radius 1 is 0.971 bits per heavy atom. The molecule has 0 radical (unpaired) electrons. The Bertz CT molecular complexity index is 1300. The molecule has 6 heteroatoms. The maximum atomic E-state index is 13.1. The highest BCUT2D eigenvalue weighted by Crippen LogP contribution is 2.19. The SMILES string of the molecule is CCc1ccccc1NC(=NCCc1c[nH]c2ccccc12)NC(=O)c1cccc(N(C)C)c1. The molecule has 174 valence electrons. The van der Waals surface area contributed by atoms with Crippen molar-refractivity contribution in [3.05, 3.63) is 95.7 Å². The molecule has 1 amide bonds. The summed E-state index contributed by atoms with van der Waals surface area (Å²) in [6.07, 6.45) is 3.67. The van der Waals surface area contributed by atoms with E-state index in [9.17, 15) is 4.79 Å². The van der Waals surface area contributed by atoms with Crippen molar-refractivity contribution in [2.24, 2.45) is 4.99 Å². The first-order valence-corrected chi connectivity index (χ1v) is 11.6. The van der Waals surface area contributed by atoms with Crippen molar-refractivity contribution in [2.45, 2.75) is 19.8 Å². The molecule has 0 aliphatic rings. The number of anilines is 2. The second kappa shape index (κ2) is 10.7. The molecule has 0 aliphatic carbocycles. The molecule has 0 spiro atoms. The average molecular weight is 454 g/mol. The molecular formula is C28H31N5O. The molecule has 4 rings (SSSR count). The Hall–Kier alpha value is -4.06. The van der Waals surface area contributed by atoms with Crippen LogP contribution in [0.2, 0.25) is 0 Å². The maximum Gasteiger partial charge on any atom is 0.258 e. The van der Waals surface area contributed by atoms with Gasteiger partial charge in [-0.1, -0.05) is 49.4 Å². The van der Waals surface area contributed by atoms with Gasteiger partial charge in [0.2, 0.25) is 5.96 Å². The molecule has 0 unspecified atom stereocenters. The Morgan fingerprint density at radius 2 is 1.76 bits per heavy atom. The fourth-order valence-electron chi connectivity index (χ4n) is 3.92. The summed E-state index contributed by atoms with van der Waals surface area (Å²) in [5.74, 6) is 0.247. The minimum atomic E-state index is -0.198. The first-order valence-electron chi connectivity index (χ1n) is 11.6. The summed E-state index contributed by atoms with van der Waals surface area (Å²) in [7, 11) is 3.91. The number of guanidine groups is 1. The number of para-hydroxylation sites is 2. The van der Waals surface area contributed by atoms with E-state index < -0.39 is 0 Å². The fraction of sp³-hybridized carbons (Fsp3) is 0.214. The van der Waals surface area contributed by atoms with E-state index in [1.54, 1.807) is 0 Å². The molecule has 1 aromatic heterocycles. The summed E-state index contributed by atoms with van der Waals surface area (Å²) in [5, 5.41) is 7.55. The molecular weight excluding hydrogens is 422 g/mol. The van der Waals surface area contributed by atoms with E-state index in [0.717, 1.165) is 35.3 Å². The lowest BCUT2D eigenvalue weighted by Crippen LogP contribution is -2.36. The highest BCUT2D eigenvalue weighted by atomic mass is 16.1. The number of hydrogen-bond acceptors (Lipinski definition) is 3.